The van der Waals surface area contributed by atoms with E-state index in [1.165, 1.54) is 6.20 Å². The van der Waals surface area contributed by atoms with E-state index in [0.29, 0.717) is 17.4 Å². The zero-order valence-corrected chi connectivity index (χ0v) is 11.2. The minimum atomic E-state index is -3.77. The van der Waals surface area contributed by atoms with Gasteiger partial charge in [-0.2, -0.15) is 0 Å². The lowest BCUT2D eigenvalue weighted by Gasteiger charge is -2.06. The first-order chi connectivity index (χ1) is 8.38. The van der Waals surface area contributed by atoms with Gasteiger partial charge < -0.3 is 4.57 Å². The number of sulfonamides is 1. The van der Waals surface area contributed by atoms with Gasteiger partial charge in [0, 0.05) is 11.2 Å². The van der Waals surface area contributed by atoms with Crippen molar-refractivity contribution >= 4 is 21.6 Å². The highest BCUT2D eigenvalue weighted by Crippen LogP contribution is 2.17. The van der Waals surface area contributed by atoms with E-state index in [4.69, 9.17) is 16.7 Å². The summed E-state index contributed by atoms with van der Waals surface area (Å²) in [6, 6.07) is 7.36. The number of rotatable bonds is 3. The van der Waals surface area contributed by atoms with Gasteiger partial charge >= 0.3 is 0 Å². The Balaban J connectivity index is 2.37. The van der Waals surface area contributed by atoms with Gasteiger partial charge in [-0.1, -0.05) is 29.8 Å². The lowest BCUT2D eigenvalue weighted by atomic mass is 10.2. The topological polar surface area (TPSA) is 78.0 Å². The van der Waals surface area contributed by atoms with E-state index in [1.807, 2.05) is 18.2 Å². The van der Waals surface area contributed by atoms with E-state index in [9.17, 15) is 8.42 Å². The van der Waals surface area contributed by atoms with Gasteiger partial charge in [-0.05, 0) is 18.6 Å². The first-order valence-electron chi connectivity index (χ1n) is 5.18. The summed E-state index contributed by atoms with van der Waals surface area (Å²) in [4.78, 5) is 3.91. The normalized spacial score (nSPS) is 11.7. The van der Waals surface area contributed by atoms with Crippen LogP contribution in [0.15, 0.2) is 35.5 Å². The molecule has 0 radical (unpaired) electrons. The number of hydrogen-bond acceptors (Lipinski definition) is 3. The second kappa shape index (κ2) is 4.72. The molecule has 0 saturated heterocycles. The monoisotopic (exact) mass is 285 g/mol. The molecule has 0 aliphatic rings. The first-order valence-corrected chi connectivity index (χ1v) is 7.10. The van der Waals surface area contributed by atoms with Crippen LogP contribution in [0.4, 0.5) is 0 Å². The highest BCUT2D eigenvalue weighted by atomic mass is 35.5. The fraction of sp³-hybridized carbons (Fsp3) is 0.182. The molecule has 0 bridgehead atoms. The smallest absolute Gasteiger partial charge is 0.257 e. The third kappa shape index (κ3) is 2.72. The number of nitrogens with two attached hydrogens (primary N) is 1. The van der Waals surface area contributed by atoms with Gasteiger partial charge in [0.1, 0.15) is 5.82 Å². The lowest BCUT2D eigenvalue weighted by molar-refractivity contribution is 0.594. The number of imidazole rings is 1. The largest absolute Gasteiger partial charge is 0.329 e. The van der Waals surface area contributed by atoms with E-state index >= 15 is 0 Å². The van der Waals surface area contributed by atoms with Gasteiger partial charge in [-0.3, -0.25) is 0 Å². The minimum absolute atomic E-state index is 0.132. The van der Waals surface area contributed by atoms with Gasteiger partial charge in [-0.15, -0.1) is 0 Å². The van der Waals surface area contributed by atoms with Gasteiger partial charge in [0.15, 0.2) is 5.03 Å². The van der Waals surface area contributed by atoms with Crippen molar-refractivity contribution in [3.63, 3.8) is 0 Å². The molecular weight excluding hydrogens is 274 g/mol. The van der Waals surface area contributed by atoms with Crippen molar-refractivity contribution in [2.24, 2.45) is 5.14 Å². The van der Waals surface area contributed by atoms with Crippen molar-refractivity contribution in [2.75, 3.05) is 0 Å². The van der Waals surface area contributed by atoms with E-state index < -0.39 is 10.0 Å². The number of aryl methyl sites for hydroxylation is 1. The maximum atomic E-state index is 11.2. The van der Waals surface area contributed by atoms with Crippen LogP contribution in [0.3, 0.4) is 0 Å². The van der Waals surface area contributed by atoms with Crippen LogP contribution < -0.4 is 5.14 Å². The molecule has 18 heavy (non-hydrogen) atoms. The van der Waals surface area contributed by atoms with Crippen molar-refractivity contribution in [3.05, 3.63) is 46.9 Å². The second-order valence-electron chi connectivity index (χ2n) is 3.89. The molecule has 0 unspecified atom stereocenters. The van der Waals surface area contributed by atoms with Gasteiger partial charge in [0.05, 0.1) is 6.54 Å². The Bertz CT molecular complexity index is 679. The zero-order chi connectivity index (χ0) is 13.3. The van der Waals surface area contributed by atoms with Gasteiger partial charge in [0.25, 0.3) is 10.0 Å². The van der Waals surface area contributed by atoms with Crippen LogP contribution in [0.1, 0.15) is 11.4 Å². The fourth-order valence-corrected chi connectivity index (χ4v) is 2.32. The van der Waals surface area contributed by atoms with Crippen molar-refractivity contribution in [3.8, 4) is 0 Å². The molecule has 1 aromatic carbocycles. The predicted molar refractivity (Wildman–Crippen MR) is 68.9 cm³/mol. The maximum absolute atomic E-state index is 11.2. The quantitative estimate of drug-likeness (QED) is 0.929. The predicted octanol–water partition coefficient (Wildman–Crippen LogP) is 1.54. The van der Waals surface area contributed by atoms with Crippen molar-refractivity contribution < 1.29 is 8.42 Å². The zero-order valence-electron chi connectivity index (χ0n) is 9.67. The standard InChI is InChI=1S/C11H12ClN3O2S/c1-8-14-11(18(13,16)17)7-15(8)6-9-4-2-3-5-10(9)12/h2-5,7H,6H2,1H3,(H2,13,16,17). The van der Waals surface area contributed by atoms with Crippen LogP contribution in [-0.4, -0.2) is 18.0 Å². The summed E-state index contributed by atoms with van der Waals surface area (Å²) < 4.78 is 24.1. The van der Waals surface area contributed by atoms with Crippen LogP contribution >= 0.6 is 11.6 Å². The Morgan fingerprint density at radius 2 is 2.06 bits per heavy atom. The van der Waals surface area contributed by atoms with E-state index in [0.717, 1.165) is 5.56 Å². The average molecular weight is 286 g/mol. The summed E-state index contributed by atoms with van der Waals surface area (Å²) in [6.07, 6.45) is 1.41. The molecule has 7 heteroatoms. The number of aromatic nitrogens is 2. The molecule has 2 N–H and O–H groups in total. The molecule has 1 heterocycles. The third-order valence-corrected chi connectivity index (χ3v) is 3.69. The Hall–Kier alpha value is -1.37. The molecule has 96 valence electrons. The Kier molecular flexibility index (Phi) is 3.43. The van der Waals surface area contributed by atoms with Crippen LogP contribution in [0.5, 0.6) is 0 Å². The highest BCUT2D eigenvalue weighted by molar-refractivity contribution is 7.89. The average Bonchev–Trinajstić information content (AvgIpc) is 2.63. The van der Waals surface area contributed by atoms with Crippen LogP contribution in [0.2, 0.25) is 5.02 Å². The van der Waals surface area contributed by atoms with E-state index in [2.05, 4.69) is 4.98 Å². The second-order valence-corrected chi connectivity index (χ2v) is 5.81. The maximum Gasteiger partial charge on any atom is 0.257 e. The van der Waals surface area contributed by atoms with Crippen molar-refractivity contribution in [1.29, 1.82) is 0 Å². The van der Waals surface area contributed by atoms with Crippen LogP contribution in [0, 0.1) is 6.92 Å². The van der Waals surface area contributed by atoms with Gasteiger partial charge in [-0.25, -0.2) is 18.5 Å². The molecule has 0 aliphatic carbocycles. The first kappa shape index (κ1) is 13.1. The Morgan fingerprint density at radius 3 is 2.61 bits per heavy atom. The number of primary sulfonamides is 1. The molecule has 0 saturated carbocycles. The minimum Gasteiger partial charge on any atom is -0.329 e. The Morgan fingerprint density at radius 1 is 1.39 bits per heavy atom. The number of halogens is 1. The SMILES string of the molecule is Cc1nc(S(N)(=O)=O)cn1Cc1ccccc1Cl. The molecule has 2 rings (SSSR count). The summed E-state index contributed by atoms with van der Waals surface area (Å²) in [6.45, 7) is 2.17. The molecular formula is C11H12ClN3O2S. The molecule has 0 atom stereocenters. The summed E-state index contributed by atoms with van der Waals surface area (Å²) in [5.41, 5.74) is 0.889. The van der Waals surface area contributed by atoms with E-state index in [1.54, 1.807) is 17.6 Å². The summed E-state index contributed by atoms with van der Waals surface area (Å²) >= 11 is 6.05. The van der Waals surface area contributed by atoms with Crippen molar-refractivity contribution in [1.82, 2.24) is 9.55 Å². The molecule has 2 aromatic rings. The summed E-state index contributed by atoms with van der Waals surface area (Å²) in [5, 5.41) is 5.53. The molecule has 0 spiro atoms. The molecule has 0 amide bonds. The third-order valence-electron chi connectivity index (χ3n) is 2.54. The Labute approximate surface area is 110 Å². The lowest BCUT2D eigenvalue weighted by Crippen LogP contribution is -2.12. The molecule has 5 nitrogen and oxygen atoms in total. The summed E-state index contributed by atoms with van der Waals surface area (Å²) in [7, 11) is -3.77. The van der Waals surface area contributed by atoms with E-state index in [-0.39, 0.29) is 5.03 Å². The summed E-state index contributed by atoms with van der Waals surface area (Å²) in [5.74, 6) is 0.568. The fourth-order valence-electron chi connectivity index (χ4n) is 1.59. The number of hydrogen-bond donors (Lipinski definition) is 1. The van der Waals surface area contributed by atoms with Crippen LogP contribution in [-0.2, 0) is 16.6 Å². The molecule has 1 aromatic heterocycles. The number of benzene rings is 1. The van der Waals surface area contributed by atoms with Gasteiger partial charge in [0.2, 0.25) is 0 Å². The molecule has 0 aliphatic heterocycles. The number of nitrogens with zero attached hydrogens (tertiary/aromatic N) is 2. The highest BCUT2D eigenvalue weighted by Gasteiger charge is 2.14. The molecule has 0 fully saturated rings. The van der Waals surface area contributed by atoms with Crippen molar-refractivity contribution in [2.45, 2.75) is 18.5 Å². The van der Waals surface area contributed by atoms with Crippen LogP contribution in [0.25, 0.3) is 0 Å².